The standard InChI is InChI=1S/C13H19FN2O/c1-4-13(5-2,12(15)17)16-11-7-9(3)6-10(14)8-11/h6-8,16H,4-5H2,1-3H3,(H2,15,17). The number of hydrogen-bond acceptors (Lipinski definition) is 2. The summed E-state index contributed by atoms with van der Waals surface area (Å²) in [6.07, 6.45) is 1.13. The van der Waals surface area contributed by atoms with E-state index in [0.29, 0.717) is 18.5 Å². The SMILES string of the molecule is CCC(CC)(Nc1cc(C)cc(F)c1)C(N)=O. The third-order valence-electron chi connectivity index (χ3n) is 3.10. The first-order valence-electron chi connectivity index (χ1n) is 5.79. The summed E-state index contributed by atoms with van der Waals surface area (Å²) in [5.74, 6) is -0.734. The van der Waals surface area contributed by atoms with Crippen molar-refractivity contribution in [3.8, 4) is 0 Å². The molecule has 0 aliphatic carbocycles. The highest BCUT2D eigenvalue weighted by atomic mass is 19.1. The van der Waals surface area contributed by atoms with E-state index in [-0.39, 0.29) is 5.82 Å². The zero-order valence-corrected chi connectivity index (χ0v) is 10.5. The van der Waals surface area contributed by atoms with Crippen LogP contribution in [-0.4, -0.2) is 11.4 Å². The molecule has 3 nitrogen and oxygen atoms in total. The van der Waals surface area contributed by atoms with Crippen LogP contribution in [0.2, 0.25) is 0 Å². The van der Waals surface area contributed by atoms with Gasteiger partial charge in [-0.05, 0) is 43.5 Å². The van der Waals surface area contributed by atoms with Crippen LogP contribution in [0.4, 0.5) is 10.1 Å². The second kappa shape index (κ2) is 5.17. The summed E-state index contributed by atoms with van der Waals surface area (Å²) in [5, 5.41) is 3.06. The van der Waals surface area contributed by atoms with Crippen LogP contribution in [0.1, 0.15) is 32.3 Å². The average molecular weight is 238 g/mol. The Morgan fingerprint density at radius 3 is 2.35 bits per heavy atom. The normalized spacial score (nSPS) is 11.3. The predicted octanol–water partition coefficient (Wildman–Crippen LogP) is 2.59. The van der Waals surface area contributed by atoms with Crippen LogP contribution in [-0.2, 0) is 4.79 Å². The van der Waals surface area contributed by atoms with E-state index in [2.05, 4.69) is 5.32 Å². The van der Waals surface area contributed by atoms with Gasteiger partial charge in [0.2, 0.25) is 5.91 Å². The van der Waals surface area contributed by atoms with Crippen LogP contribution in [0.5, 0.6) is 0 Å². The molecule has 94 valence electrons. The lowest BCUT2D eigenvalue weighted by molar-refractivity contribution is -0.122. The topological polar surface area (TPSA) is 55.1 Å². The molecular formula is C13H19FN2O. The zero-order chi connectivity index (χ0) is 13.1. The van der Waals surface area contributed by atoms with Crippen molar-refractivity contribution in [3.63, 3.8) is 0 Å². The largest absolute Gasteiger partial charge is 0.371 e. The first-order valence-corrected chi connectivity index (χ1v) is 5.79. The molecule has 1 aromatic carbocycles. The molecule has 3 N–H and O–H groups in total. The Balaban J connectivity index is 3.05. The molecule has 0 atom stereocenters. The molecule has 4 heteroatoms. The fourth-order valence-electron chi connectivity index (χ4n) is 1.92. The van der Waals surface area contributed by atoms with Crippen molar-refractivity contribution in [1.29, 1.82) is 0 Å². The molecule has 1 amide bonds. The molecule has 1 rings (SSSR count). The Kier molecular flexibility index (Phi) is 4.10. The second-order valence-corrected chi connectivity index (χ2v) is 4.30. The quantitative estimate of drug-likeness (QED) is 0.828. The van der Waals surface area contributed by atoms with Gasteiger partial charge in [-0.25, -0.2) is 4.39 Å². The number of nitrogens with one attached hydrogen (secondary N) is 1. The van der Waals surface area contributed by atoms with E-state index in [0.717, 1.165) is 5.56 Å². The number of amides is 1. The average Bonchev–Trinajstić information content (AvgIpc) is 2.24. The molecule has 0 heterocycles. The molecule has 17 heavy (non-hydrogen) atoms. The van der Waals surface area contributed by atoms with E-state index < -0.39 is 11.4 Å². The Bertz CT molecular complexity index is 394. The van der Waals surface area contributed by atoms with Crippen LogP contribution in [0, 0.1) is 12.7 Å². The lowest BCUT2D eigenvalue weighted by Crippen LogP contribution is -2.49. The number of nitrogens with two attached hydrogens (primary N) is 1. The first-order chi connectivity index (χ1) is 7.93. The molecular weight excluding hydrogens is 219 g/mol. The summed E-state index contributed by atoms with van der Waals surface area (Å²) in [7, 11) is 0. The maximum Gasteiger partial charge on any atom is 0.243 e. The molecule has 0 aromatic heterocycles. The van der Waals surface area contributed by atoms with Crippen molar-refractivity contribution in [2.24, 2.45) is 5.73 Å². The number of carbonyl (C=O) groups is 1. The molecule has 0 unspecified atom stereocenters. The highest BCUT2D eigenvalue weighted by molar-refractivity contribution is 5.87. The molecule has 0 aliphatic rings. The van der Waals surface area contributed by atoms with Gasteiger partial charge in [-0.15, -0.1) is 0 Å². The molecule has 0 saturated carbocycles. The lowest BCUT2D eigenvalue weighted by atomic mass is 9.91. The van der Waals surface area contributed by atoms with Crippen molar-refractivity contribution < 1.29 is 9.18 Å². The Morgan fingerprint density at radius 1 is 1.35 bits per heavy atom. The Morgan fingerprint density at radius 2 is 1.94 bits per heavy atom. The Hall–Kier alpha value is -1.58. The van der Waals surface area contributed by atoms with Gasteiger partial charge in [-0.1, -0.05) is 13.8 Å². The summed E-state index contributed by atoms with van der Waals surface area (Å²) in [5.41, 5.74) is 6.01. The number of carbonyl (C=O) groups excluding carboxylic acids is 1. The highest BCUT2D eigenvalue weighted by Gasteiger charge is 2.32. The number of primary amides is 1. The summed E-state index contributed by atoms with van der Waals surface area (Å²) in [4.78, 5) is 11.5. The van der Waals surface area contributed by atoms with Crippen molar-refractivity contribution in [3.05, 3.63) is 29.6 Å². The van der Waals surface area contributed by atoms with Gasteiger partial charge in [0.1, 0.15) is 11.4 Å². The number of benzene rings is 1. The summed E-state index contributed by atoms with van der Waals surface area (Å²) < 4.78 is 13.3. The molecule has 0 bridgehead atoms. The van der Waals surface area contributed by atoms with Crippen LogP contribution in [0.25, 0.3) is 0 Å². The Labute approximate surface area is 101 Å². The summed E-state index contributed by atoms with van der Waals surface area (Å²) in [6, 6.07) is 4.61. The number of aryl methyl sites for hydroxylation is 1. The third kappa shape index (κ3) is 2.96. The fraction of sp³-hybridized carbons (Fsp3) is 0.462. The van der Waals surface area contributed by atoms with Crippen LogP contribution >= 0.6 is 0 Å². The van der Waals surface area contributed by atoms with Crippen LogP contribution < -0.4 is 11.1 Å². The molecule has 0 spiro atoms. The fourth-order valence-corrected chi connectivity index (χ4v) is 1.92. The third-order valence-corrected chi connectivity index (χ3v) is 3.10. The van der Waals surface area contributed by atoms with Gasteiger partial charge < -0.3 is 11.1 Å². The molecule has 0 saturated heterocycles. The van der Waals surface area contributed by atoms with E-state index in [1.54, 1.807) is 13.0 Å². The minimum atomic E-state index is -0.805. The summed E-state index contributed by atoms with van der Waals surface area (Å²) >= 11 is 0. The number of rotatable bonds is 5. The van der Waals surface area contributed by atoms with Crippen molar-refractivity contribution in [1.82, 2.24) is 0 Å². The highest BCUT2D eigenvalue weighted by Crippen LogP contribution is 2.23. The van der Waals surface area contributed by atoms with Gasteiger partial charge in [0.05, 0.1) is 0 Å². The van der Waals surface area contributed by atoms with Gasteiger partial charge in [0, 0.05) is 5.69 Å². The van der Waals surface area contributed by atoms with Crippen LogP contribution in [0.3, 0.4) is 0 Å². The first kappa shape index (κ1) is 13.5. The van der Waals surface area contributed by atoms with Gasteiger partial charge in [0.15, 0.2) is 0 Å². The predicted molar refractivity (Wildman–Crippen MR) is 67.3 cm³/mol. The van der Waals surface area contributed by atoms with E-state index in [1.807, 2.05) is 13.8 Å². The van der Waals surface area contributed by atoms with E-state index in [4.69, 9.17) is 5.73 Å². The maximum atomic E-state index is 13.3. The minimum Gasteiger partial charge on any atom is -0.371 e. The van der Waals surface area contributed by atoms with Crippen molar-refractivity contribution in [2.75, 3.05) is 5.32 Å². The van der Waals surface area contributed by atoms with Crippen molar-refractivity contribution >= 4 is 11.6 Å². The maximum absolute atomic E-state index is 13.3. The van der Waals surface area contributed by atoms with E-state index >= 15 is 0 Å². The van der Waals surface area contributed by atoms with Gasteiger partial charge in [-0.2, -0.15) is 0 Å². The molecule has 1 aromatic rings. The zero-order valence-electron chi connectivity index (χ0n) is 10.5. The molecule has 0 fully saturated rings. The number of anilines is 1. The van der Waals surface area contributed by atoms with E-state index in [9.17, 15) is 9.18 Å². The number of hydrogen-bond donors (Lipinski definition) is 2. The lowest BCUT2D eigenvalue weighted by Gasteiger charge is -2.30. The summed E-state index contributed by atoms with van der Waals surface area (Å²) in [6.45, 7) is 5.57. The van der Waals surface area contributed by atoms with E-state index in [1.165, 1.54) is 12.1 Å². The van der Waals surface area contributed by atoms with Gasteiger partial charge in [0.25, 0.3) is 0 Å². The monoisotopic (exact) mass is 238 g/mol. The smallest absolute Gasteiger partial charge is 0.243 e. The second-order valence-electron chi connectivity index (χ2n) is 4.30. The minimum absolute atomic E-state index is 0.321. The van der Waals surface area contributed by atoms with Gasteiger partial charge >= 0.3 is 0 Å². The van der Waals surface area contributed by atoms with Crippen LogP contribution in [0.15, 0.2) is 18.2 Å². The number of halogens is 1. The van der Waals surface area contributed by atoms with Gasteiger partial charge in [-0.3, -0.25) is 4.79 Å². The van der Waals surface area contributed by atoms with Crippen molar-refractivity contribution in [2.45, 2.75) is 39.2 Å². The molecule has 0 radical (unpaired) electrons. The molecule has 0 aliphatic heterocycles.